The predicted octanol–water partition coefficient (Wildman–Crippen LogP) is -0.185. The van der Waals surface area contributed by atoms with Crippen LogP contribution in [0.15, 0.2) is 0 Å². The molecule has 6 heteroatoms. The lowest BCUT2D eigenvalue weighted by Gasteiger charge is -2.16. The Morgan fingerprint density at radius 2 is 2.36 bits per heavy atom. The summed E-state index contributed by atoms with van der Waals surface area (Å²) in [5.74, 6) is 0.510. The molecule has 2 heterocycles. The number of primary amides is 1. The Morgan fingerprint density at radius 1 is 1.64 bits per heavy atom. The molecule has 1 aliphatic heterocycles. The molecule has 1 aliphatic rings. The number of rotatable bonds is 1. The summed E-state index contributed by atoms with van der Waals surface area (Å²) in [6.07, 6.45) is 0. The Morgan fingerprint density at radius 3 is 3.00 bits per heavy atom. The Balaban J connectivity index is 0.000000980. The fourth-order valence-corrected chi connectivity index (χ4v) is 1.71. The van der Waals surface area contributed by atoms with E-state index in [0.29, 0.717) is 12.2 Å². The van der Waals surface area contributed by atoms with Crippen molar-refractivity contribution >= 4 is 18.3 Å². The third kappa shape index (κ3) is 1.60. The average molecular weight is 217 g/mol. The average Bonchev–Trinajstić information content (AvgIpc) is 2.39. The second-order valence-corrected chi connectivity index (χ2v) is 3.15. The van der Waals surface area contributed by atoms with Crippen LogP contribution in [0.2, 0.25) is 0 Å². The molecule has 5 nitrogen and oxygen atoms in total. The number of nitrogens with two attached hydrogens (primary N) is 1. The van der Waals surface area contributed by atoms with Gasteiger partial charge in [0.25, 0.3) is 5.91 Å². The van der Waals surface area contributed by atoms with Crippen LogP contribution in [0.4, 0.5) is 0 Å². The third-order valence-electron chi connectivity index (χ3n) is 2.25. The lowest BCUT2D eigenvalue weighted by molar-refractivity contribution is 0.0990. The number of imidazole rings is 1. The van der Waals surface area contributed by atoms with Crippen LogP contribution >= 0.6 is 12.4 Å². The number of fused-ring (bicyclic) bond motifs is 1. The van der Waals surface area contributed by atoms with Gasteiger partial charge in [-0.15, -0.1) is 12.4 Å². The highest BCUT2D eigenvalue weighted by atomic mass is 35.5. The van der Waals surface area contributed by atoms with Gasteiger partial charge in [0, 0.05) is 13.1 Å². The molecule has 1 amide bonds. The molecule has 14 heavy (non-hydrogen) atoms. The Labute approximate surface area is 88.1 Å². The molecule has 0 aromatic carbocycles. The van der Waals surface area contributed by atoms with E-state index in [-0.39, 0.29) is 12.4 Å². The maximum absolute atomic E-state index is 11.1. The van der Waals surface area contributed by atoms with E-state index in [4.69, 9.17) is 5.73 Å². The topological polar surface area (TPSA) is 72.9 Å². The molecule has 3 N–H and O–H groups in total. The van der Waals surface area contributed by atoms with E-state index in [1.165, 1.54) is 0 Å². The lowest BCUT2D eigenvalue weighted by atomic mass is 10.3. The maximum Gasteiger partial charge on any atom is 0.267 e. The molecule has 0 bridgehead atoms. The van der Waals surface area contributed by atoms with Gasteiger partial charge in [0.2, 0.25) is 0 Å². The zero-order valence-corrected chi connectivity index (χ0v) is 8.73. The van der Waals surface area contributed by atoms with Crippen molar-refractivity contribution in [1.29, 1.82) is 0 Å². The van der Waals surface area contributed by atoms with E-state index in [0.717, 1.165) is 24.6 Å². The molecule has 0 radical (unpaired) electrons. The molecule has 0 atom stereocenters. The van der Waals surface area contributed by atoms with Crippen molar-refractivity contribution in [2.24, 2.45) is 5.73 Å². The predicted molar refractivity (Wildman–Crippen MR) is 54.4 cm³/mol. The van der Waals surface area contributed by atoms with Gasteiger partial charge in [-0.05, 0) is 6.92 Å². The van der Waals surface area contributed by atoms with Crippen molar-refractivity contribution in [3.63, 3.8) is 0 Å². The third-order valence-corrected chi connectivity index (χ3v) is 2.25. The number of hydrogen-bond acceptors (Lipinski definition) is 3. The summed E-state index contributed by atoms with van der Waals surface area (Å²) in [4.78, 5) is 15.4. The second kappa shape index (κ2) is 3.98. The number of aromatic nitrogens is 2. The van der Waals surface area contributed by atoms with Gasteiger partial charge in [0.05, 0.1) is 12.2 Å². The summed E-state index contributed by atoms with van der Waals surface area (Å²) in [5.41, 5.74) is 6.54. The minimum Gasteiger partial charge on any atom is -0.364 e. The number of halogens is 1. The van der Waals surface area contributed by atoms with Gasteiger partial charge in [-0.3, -0.25) is 4.79 Å². The van der Waals surface area contributed by atoms with E-state index >= 15 is 0 Å². The largest absolute Gasteiger partial charge is 0.364 e. The summed E-state index contributed by atoms with van der Waals surface area (Å²) >= 11 is 0. The highest BCUT2D eigenvalue weighted by molar-refractivity contribution is 5.92. The Hall–Kier alpha value is -1.07. The number of hydrogen-bond donors (Lipinski definition) is 2. The van der Waals surface area contributed by atoms with Crippen molar-refractivity contribution < 1.29 is 4.79 Å². The normalized spacial score (nSPS) is 14.4. The molecular formula is C8H13ClN4O. The maximum atomic E-state index is 11.1. The van der Waals surface area contributed by atoms with Crippen LogP contribution in [0.3, 0.4) is 0 Å². The SMILES string of the molecule is Cc1nc2n(c1C(N)=O)CCNC2.Cl. The van der Waals surface area contributed by atoms with Crippen molar-refractivity contribution in [3.8, 4) is 0 Å². The van der Waals surface area contributed by atoms with Gasteiger partial charge in [0.1, 0.15) is 11.5 Å². The molecular weight excluding hydrogens is 204 g/mol. The highest BCUT2D eigenvalue weighted by Gasteiger charge is 2.19. The van der Waals surface area contributed by atoms with E-state index in [1.807, 2.05) is 11.5 Å². The number of nitrogens with zero attached hydrogens (tertiary/aromatic N) is 2. The van der Waals surface area contributed by atoms with Crippen molar-refractivity contribution in [3.05, 3.63) is 17.2 Å². The number of carbonyl (C=O) groups excluding carboxylic acids is 1. The van der Waals surface area contributed by atoms with Gasteiger partial charge < -0.3 is 15.6 Å². The molecule has 0 saturated heterocycles. The monoisotopic (exact) mass is 216 g/mol. The van der Waals surface area contributed by atoms with Crippen LogP contribution in [0, 0.1) is 6.92 Å². The van der Waals surface area contributed by atoms with Crippen LogP contribution in [-0.2, 0) is 13.1 Å². The zero-order chi connectivity index (χ0) is 9.42. The molecule has 0 unspecified atom stereocenters. The lowest BCUT2D eigenvalue weighted by Crippen LogP contribution is -2.31. The molecule has 0 fully saturated rings. The zero-order valence-electron chi connectivity index (χ0n) is 7.91. The first-order valence-electron chi connectivity index (χ1n) is 4.26. The second-order valence-electron chi connectivity index (χ2n) is 3.15. The van der Waals surface area contributed by atoms with Crippen LogP contribution in [-0.4, -0.2) is 22.0 Å². The molecule has 0 spiro atoms. The molecule has 0 saturated carbocycles. The highest BCUT2D eigenvalue weighted by Crippen LogP contribution is 2.12. The van der Waals surface area contributed by atoms with E-state index < -0.39 is 5.91 Å². The van der Waals surface area contributed by atoms with Crippen molar-refractivity contribution in [1.82, 2.24) is 14.9 Å². The van der Waals surface area contributed by atoms with Gasteiger partial charge in [0.15, 0.2) is 0 Å². The molecule has 78 valence electrons. The van der Waals surface area contributed by atoms with Crippen molar-refractivity contribution in [2.45, 2.75) is 20.0 Å². The summed E-state index contributed by atoms with van der Waals surface area (Å²) in [7, 11) is 0. The quantitative estimate of drug-likeness (QED) is 0.684. The molecule has 1 aromatic heterocycles. The minimum atomic E-state index is -0.391. The first-order chi connectivity index (χ1) is 6.20. The fourth-order valence-electron chi connectivity index (χ4n) is 1.71. The number of amides is 1. The van der Waals surface area contributed by atoms with Crippen LogP contribution < -0.4 is 11.1 Å². The summed E-state index contributed by atoms with van der Waals surface area (Å²) in [6, 6.07) is 0. The molecule has 1 aromatic rings. The smallest absolute Gasteiger partial charge is 0.267 e. The number of carbonyl (C=O) groups is 1. The van der Waals surface area contributed by atoms with Crippen LogP contribution in [0.5, 0.6) is 0 Å². The van der Waals surface area contributed by atoms with E-state index in [1.54, 1.807) is 0 Å². The summed E-state index contributed by atoms with van der Waals surface area (Å²) < 4.78 is 1.90. The Bertz CT molecular complexity index is 360. The summed E-state index contributed by atoms with van der Waals surface area (Å²) in [6.45, 7) is 4.16. The van der Waals surface area contributed by atoms with Gasteiger partial charge in [-0.2, -0.15) is 0 Å². The minimum absolute atomic E-state index is 0. The first kappa shape index (κ1) is 11.0. The standard InChI is InChI=1S/C8H12N4O.ClH/c1-5-7(8(9)13)12-3-2-10-4-6(12)11-5;/h10H,2-4H2,1H3,(H2,9,13);1H. The molecule has 2 rings (SSSR count). The van der Waals surface area contributed by atoms with Crippen LogP contribution in [0.25, 0.3) is 0 Å². The fraction of sp³-hybridized carbons (Fsp3) is 0.500. The van der Waals surface area contributed by atoms with Gasteiger partial charge in [-0.25, -0.2) is 4.98 Å². The van der Waals surface area contributed by atoms with Gasteiger partial charge in [-0.1, -0.05) is 0 Å². The summed E-state index contributed by atoms with van der Waals surface area (Å²) in [5, 5.41) is 3.18. The number of nitrogens with one attached hydrogen (secondary N) is 1. The molecule has 0 aliphatic carbocycles. The van der Waals surface area contributed by atoms with E-state index in [2.05, 4.69) is 10.3 Å². The first-order valence-corrected chi connectivity index (χ1v) is 4.26. The van der Waals surface area contributed by atoms with E-state index in [9.17, 15) is 4.79 Å². The van der Waals surface area contributed by atoms with Crippen LogP contribution in [0.1, 0.15) is 22.0 Å². The Kier molecular flexibility index (Phi) is 3.13. The van der Waals surface area contributed by atoms with Gasteiger partial charge >= 0.3 is 0 Å². The number of aryl methyl sites for hydroxylation is 1. The van der Waals surface area contributed by atoms with Crippen molar-refractivity contribution in [2.75, 3.05) is 6.54 Å².